The Hall–Kier alpha value is -2.33. The fraction of sp³-hybridized carbons (Fsp3) is 0.267. The fourth-order valence-corrected chi connectivity index (χ4v) is 2.75. The van der Waals surface area contributed by atoms with Gasteiger partial charge in [-0.15, -0.1) is 0 Å². The fourth-order valence-electron chi connectivity index (χ4n) is 2.07. The Morgan fingerprint density at radius 1 is 1.24 bits per heavy atom. The Morgan fingerprint density at radius 2 is 1.92 bits per heavy atom. The van der Waals surface area contributed by atoms with E-state index >= 15 is 0 Å². The average molecular weight is 376 g/mol. The smallest absolute Gasteiger partial charge is 0.416 e. The first-order valence-corrected chi connectivity index (χ1v) is 9.03. The van der Waals surface area contributed by atoms with E-state index in [1.165, 1.54) is 18.2 Å². The Kier molecular flexibility index (Phi) is 5.23. The molecule has 0 bridgehead atoms. The second-order valence-electron chi connectivity index (χ2n) is 5.41. The number of hydrogen-bond donors (Lipinski definition) is 2. The normalized spacial score (nSPS) is 12.2. The molecule has 1 heterocycles. The summed E-state index contributed by atoms with van der Waals surface area (Å²) >= 11 is 0. The van der Waals surface area contributed by atoms with Gasteiger partial charge in [0, 0.05) is 18.5 Å². The molecule has 0 fully saturated rings. The first kappa shape index (κ1) is 19.0. The third kappa shape index (κ3) is 5.33. The van der Waals surface area contributed by atoms with Gasteiger partial charge in [-0.25, -0.2) is 8.42 Å². The van der Waals surface area contributed by atoms with Gasteiger partial charge in [0.25, 0.3) is 5.91 Å². The molecule has 2 aromatic rings. The van der Waals surface area contributed by atoms with Crippen LogP contribution in [0.15, 0.2) is 34.7 Å². The van der Waals surface area contributed by atoms with Gasteiger partial charge in [-0.3, -0.25) is 4.79 Å². The van der Waals surface area contributed by atoms with E-state index in [9.17, 15) is 26.4 Å². The molecule has 0 radical (unpaired) electrons. The largest absolute Gasteiger partial charge is 0.455 e. The maximum atomic E-state index is 12.9. The number of nitrogens with two attached hydrogens (primary N) is 1. The van der Waals surface area contributed by atoms with E-state index in [0.29, 0.717) is 0 Å². The predicted molar refractivity (Wildman–Crippen MR) is 84.5 cm³/mol. The summed E-state index contributed by atoms with van der Waals surface area (Å²) in [5, 5.41) is 2.28. The zero-order valence-corrected chi connectivity index (χ0v) is 13.9. The number of anilines is 1. The molecule has 10 heteroatoms. The Morgan fingerprint density at radius 3 is 2.48 bits per heavy atom. The molecule has 6 nitrogen and oxygen atoms in total. The van der Waals surface area contributed by atoms with Crippen molar-refractivity contribution in [3.63, 3.8) is 0 Å². The zero-order chi connectivity index (χ0) is 18.8. The van der Waals surface area contributed by atoms with E-state index < -0.39 is 27.5 Å². The van der Waals surface area contributed by atoms with E-state index in [-0.39, 0.29) is 35.1 Å². The lowest BCUT2D eigenvalue weighted by atomic mass is 10.1. The molecule has 25 heavy (non-hydrogen) atoms. The highest BCUT2D eigenvalue weighted by atomic mass is 32.2. The molecule has 0 aliphatic carbocycles. The van der Waals surface area contributed by atoms with Crippen LogP contribution in [-0.4, -0.2) is 20.6 Å². The van der Waals surface area contributed by atoms with Gasteiger partial charge in [0.1, 0.15) is 11.5 Å². The van der Waals surface area contributed by atoms with Crippen LogP contribution in [0.3, 0.4) is 0 Å². The van der Waals surface area contributed by atoms with Crippen LogP contribution in [0.25, 0.3) is 0 Å². The van der Waals surface area contributed by atoms with Crippen molar-refractivity contribution in [3.05, 3.63) is 53.0 Å². The monoisotopic (exact) mass is 376 g/mol. The van der Waals surface area contributed by atoms with Gasteiger partial charge in [-0.05, 0) is 35.9 Å². The van der Waals surface area contributed by atoms with Gasteiger partial charge in [0.15, 0.2) is 15.6 Å². The molecular formula is C15H15F3N2O4S. The van der Waals surface area contributed by atoms with E-state index in [4.69, 9.17) is 10.2 Å². The van der Waals surface area contributed by atoms with Crippen LogP contribution in [-0.2, 0) is 28.3 Å². The van der Waals surface area contributed by atoms with Gasteiger partial charge < -0.3 is 15.5 Å². The predicted octanol–water partition coefficient (Wildman–Crippen LogP) is 2.55. The second kappa shape index (κ2) is 6.89. The van der Waals surface area contributed by atoms with Gasteiger partial charge >= 0.3 is 6.18 Å². The van der Waals surface area contributed by atoms with Crippen molar-refractivity contribution in [2.45, 2.75) is 18.5 Å². The summed E-state index contributed by atoms with van der Waals surface area (Å²) in [6, 6.07) is 5.54. The molecule has 1 aromatic carbocycles. The van der Waals surface area contributed by atoms with Crippen molar-refractivity contribution in [1.29, 1.82) is 0 Å². The standard InChI is InChI=1S/C15H15F3N2O4S/c1-25(22,23)8-12-2-3-13(24-12)14(21)20-11-5-9(7-19)4-10(6-11)15(16,17)18/h2-6H,7-8,19H2,1H3,(H,20,21). The van der Waals surface area contributed by atoms with Crippen LogP contribution in [0.1, 0.15) is 27.4 Å². The quantitative estimate of drug-likeness (QED) is 0.835. The lowest BCUT2D eigenvalue weighted by Gasteiger charge is -2.12. The minimum atomic E-state index is -4.59. The van der Waals surface area contributed by atoms with E-state index in [1.54, 1.807) is 0 Å². The SMILES string of the molecule is CS(=O)(=O)Cc1ccc(C(=O)Nc2cc(CN)cc(C(F)(F)F)c2)o1. The number of nitrogens with one attached hydrogen (secondary N) is 1. The number of benzene rings is 1. The summed E-state index contributed by atoms with van der Waals surface area (Å²) in [7, 11) is -3.34. The number of sulfone groups is 1. The van der Waals surface area contributed by atoms with Crippen LogP contribution in [0.5, 0.6) is 0 Å². The molecular weight excluding hydrogens is 361 g/mol. The van der Waals surface area contributed by atoms with Crippen LogP contribution < -0.4 is 11.1 Å². The van der Waals surface area contributed by atoms with Crippen LogP contribution in [0.4, 0.5) is 18.9 Å². The molecule has 1 aromatic heterocycles. The summed E-state index contributed by atoms with van der Waals surface area (Å²) in [6.45, 7) is -0.133. The Bertz CT molecular complexity index is 888. The minimum absolute atomic E-state index is 0.0549. The van der Waals surface area contributed by atoms with Crippen LogP contribution in [0, 0.1) is 0 Å². The molecule has 0 saturated heterocycles. The van der Waals surface area contributed by atoms with Crippen molar-refractivity contribution in [1.82, 2.24) is 0 Å². The third-order valence-electron chi connectivity index (χ3n) is 3.10. The number of amides is 1. The van der Waals surface area contributed by atoms with E-state index in [0.717, 1.165) is 18.4 Å². The summed E-state index contributed by atoms with van der Waals surface area (Å²) < 4.78 is 66.1. The zero-order valence-electron chi connectivity index (χ0n) is 13.1. The number of halogens is 3. The van der Waals surface area contributed by atoms with E-state index in [1.807, 2.05) is 0 Å². The molecule has 2 rings (SSSR count). The van der Waals surface area contributed by atoms with Gasteiger partial charge in [0.05, 0.1) is 5.56 Å². The topological polar surface area (TPSA) is 102 Å². The number of carbonyl (C=O) groups excluding carboxylic acids is 1. The summed E-state index contributed by atoms with van der Waals surface area (Å²) in [5.74, 6) is -1.35. The number of alkyl halides is 3. The molecule has 0 aliphatic rings. The molecule has 136 valence electrons. The average Bonchev–Trinajstić information content (AvgIpc) is 2.92. The van der Waals surface area contributed by atoms with Crippen LogP contribution >= 0.6 is 0 Å². The van der Waals surface area contributed by atoms with Gasteiger partial charge in [0.2, 0.25) is 0 Å². The maximum Gasteiger partial charge on any atom is 0.416 e. The summed E-state index contributed by atoms with van der Waals surface area (Å²) in [6.07, 6.45) is -3.58. The Labute approximate surface area is 141 Å². The van der Waals surface area contributed by atoms with E-state index in [2.05, 4.69) is 5.32 Å². The number of furan rings is 1. The molecule has 0 saturated carbocycles. The van der Waals surface area contributed by atoms with Crippen LogP contribution in [0.2, 0.25) is 0 Å². The number of rotatable bonds is 5. The first-order valence-electron chi connectivity index (χ1n) is 6.97. The van der Waals surface area contributed by atoms with Crippen molar-refractivity contribution < 1.29 is 30.8 Å². The third-order valence-corrected chi connectivity index (χ3v) is 3.91. The highest BCUT2D eigenvalue weighted by Gasteiger charge is 2.31. The highest BCUT2D eigenvalue weighted by molar-refractivity contribution is 7.89. The molecule has 0 atom stereocenters. The maximum absolute atomic E-state index is 12.9. The lowest BCUT2D eigenvalue weighted by molar-refractivity contribution is -0.137. The minimum Gasteiger partial charge on any atom is -0.455 e. The number of carbonyl (C=O) groups is 1. The van der Waals surface area contributed by atoms with Crippen molar-refractivity contribution in [2.75, 3.05) is 11.6 Å². The Balaban J connectivity index is 2.23. The summed E-state index contributed by atoms with van der Waals surface area (Å²) in [4.78, 5) is 12.1. The summed E-state index contributed by atoms with van der Waals surface area (Å²) in [5.41, 5.74) is 4.54. The van der Waals surface area contributed by atoms with Gasteiger partial charge in [-0.2, -0.15) is 13.2 Å². The highest BCUT2D eigenvalue weighted by Crippen LogP contribution is 2.32. The van der Waals surface area contributed by atoms with Gasteiger partial charge in [-0.1, -0.05) is 0 Å². The van der Waals surface area contributed by atoms with Crippen molar-refractivity contribution >= 4 is 21.4 Å². The molecule has 3 N–H and O–H groups in total. The second-order valence-corrected chi connectivity index (χ2v) is 7.55. The molecule has 0 unspecified atom stereocenters. The first-order chi connectivity index (χ1) is 11.5. The molecule has 1 amide bonds. The lowest BCUT2D eigenvalue weighted by Crippen LogP contribution is -2.14. The molecule has 0 spiro atoms. The van der Waals surface area contributed by atoms with Crippen molar-refractivity contribution in [2.24, 2.45) is 5.73 Å². The molecule has 0 aliphatic heterocycles. The number of hydrogen-bond acceptors (Lipinski definition) is 5. The van der Waals surface area contributed by atoms with Crippen molar-refractivity contribution in [3.8, 4) is 0 Å².